The van der Waals surface area contributed by atoms with Crippen molar-refractivity contribution < 1.29 is 33.4 Å². The van der Waals surface area contributed by atoms with Crippen LogP contribution >= 0.6 is 11.6 Å². The van der Waals surface area contributed by atoms with Crippen LogP contribution in [0.5, 0.6) is 0 Å². The lowest BCUT2D eigenvalue weighted by molar-refractivity contribution is -0.140. The highest BCUT2D eigenvalue weighted by Gasteiger charge is 2.39. The van der Waals surface area contributed by atoms with Crippen LogP contribution in [0.1, 0.15) is 28.9 Å². The average molecular weight is 463 g/mol. The molecular weight excluding hydrogens is 443 g/mol. The molecular formula is C22H20ClFN2O6. The molecule has 0 radical (unpaired) electrons. The maximum Gasteiger partial charge on any atom is 0.338 e. The summed E-state index contributed by atoms with van der Waals surface area (Å²) in [5.74, 6) is -2.60. The summed E-state index contributed by atoms with van der Waals surface area (Å²) in [7, 11) is 1.45. The third-order valence-corrected chi connectivity index (χ3v) is 5.22. The van der Waals surface area contributed by atoms with Gasteiger partial charge in [-0.25, -0.2) is 18.8 Å². The Bertz CT molecular complexity index is 1070. The molecule has 1 aliphatic heterocycles. The minimum Gasteiger partial charge on any atom is -0.478 e. The Kier molecular flexibility index (Phi) is 7.12. The molecule has 2 aromatic carbocycles. The number of methoxy groups -OCH3 is 1. The van der Waals surface area contributed by atoms with Gasteiger partial charge in [0, 0.05) is 23.4 Å². The fraction of sp³-hybridized carbons (Fsp3) is 0.227. The molecule has 0 saturated heterocycles. The van der Waals surface area contributed by atoms with Crippen LogP contribution in [0, 0.1) is 5.82 Å². The number of nitrogens with zero attached hydrogens (tertiary/aromatic N) is 1. The predicted molar refractivity (Wildman–Crippen MR) is 114 cm³/mol. The maximum atomic E-state index is 14.7. The van der Waals surface area contributed by atoms with Gasteiger partial charge in [-0.05, 0) is 43.3 Å². The molecule has 10 heteroatoms. The van der Waals surface area contributed by atoms with Crippen LogP contribution < -0.4 is 10.2 Å². The van der Waals surface area contributed by atoms with Crippen molar-refractivity contribution in [3.63, 3.8) is 0 Å². The Hall–Kier alpha value is -3.43. The molecule has 32 heavy (non-hydrogen) atoms. The lowest BCUT2D eigenvalue weighted by Gasteiger charge is -2.35. The quantitative estimate of drug-likeness (QED) is 0.477. The number of aromatic carboxylic acids is 1. The minimum atomic E-state index is -1.19. The van der Waals surface area contributed by atoms with Crippen molar-refractivity contribution in [3.8, 4) is 0 Å². The van der Waals surface area contributed by atoms with Gasteiger partial charge < -0.3 is 19.9 Å². The van der Waals surface area contributed by atoms with Crippen molar-refractivity contribution in [1.29, 1.82) is 0 Å². The number of carboxylic acids is 1. The van der Waals surface area contributed by atoms with E-state index in [1.54, 1.807) is 0 Å². The van der Waals surface area contributed by atoms with Gasteiger partial charge in [0.05, 0.1) is 29.5 Å². The maximum absolute atomic E-state index is 14.7. The number of ether oxygens (including phenoxy) is 2. The topological polar surface area (TPSA) is 105 Å². The number of esters is 1. The standard InChI is InChI=1S/C22H20ClFN2O6/c1-12-17(21(29)32-11-10-31-2)19(18-15(23)4-3-5-16(18)24)25-22(30)26(12)14-8-6-13(7-9-14)20(27)28/h3-9,19H,10-11H2,1-2H3,(H,25,30)(H,27,28). The van der Waals surface area contributed by atoms with Crippen LogP contribution in [0.4, 0.5) is 14.9 Å². The van der Waals surface area contributed by atoms with Crippen molar-refractivity contribution in [3.05, 3.63) is 75.7 Å². The number of amides is 2. The minimum absolute atomic E-state index is 0.0185. The first-order valence-corrected chi connectivity index (χ1v) is 9.88. The van der Waals surface area contributed by atoms with E-state index in [0.29, 0.717) is 5.69 Å². The molecule has 0 spiro atoms. The molecule has 3 rings (SSSR count). The SMILES string of the molecule is COCCOC(=O)C1=C(C)N(c2ccc(C(=O)O)cc2)C(=O)NC1c1c(F)cccc1Cl. The summed E-state index contributed by atoms with van der Waals surface area (Å²) < 4.78 is 24.8. The summed E-state index contributed by atoms with van der Waals surface area (Å²) in [4.78, 5) is 38.3. The Morgan fingerprint density at radius 1 is 1.19 bits per heavy atom. The van der Waals surface area contributed by atoms with E-state index in [-0.39, 0.29) is 40.6 Å². The van der Waals surface area contributed by atoms with Gasteiger partial charge in [-0.3, -0.25) is 4.90 Å². The lowest BCUT2D eigenvalue weighted by atomic mass is 9.94. The van der Waals surface area contributed by atoms with Crippen molar-refractivity contribution in [1.82, 2.24) is 5.32 Å². The molecule has 0 saturated carbocycles. The second kappa shape index (κ2) is 9.80. The van der Waals surface area contributed by atoms with Crippen LogP contribution in [0.2, 0.25) is 5.02 Å². The van der Waals surface area contributed by atoms with Crippen LogP contribution in [0.3, 0.4) is 0 Å². The summed E-state index contributed by atoms with van der Waals surface area (Å²) in [6, 6.07) is 7.70. The lowest BCUT2D eigenvalue weighted by Crippen LogP contribution is -2.48. The molecule has 0 aromatic heterocycles. The normalized spacial score (nSPS) is 16.1. The number of nitrogens with one attached hydrogen (secondary N) is 1. The first kappa shape index (κ1) is 23.2. The second-order valence-corrected chi connectivity index (χ2v) is 7.24. The number of carbonyl (C=O) groups is 3. The number of allylic oxidation sites excluding steroid dienone is 1. The number of anilines is 1. The van der Waals surface area contributed by atoms with Crippen LogP contribution in [-0.2, 0) is 14.3 Å². The third kappa shape index (κ3) is 4.58. The third-order valence-electron chi connectivity index (χ3n) is 4.89. The van der Waals surface area contributed by atoms with Gasteiger partial charge in [0.2, 0.25) is 0 Å². The first-order chi connectivity index (χ1) is 15.3. The van der Waals surface area contributed by atoms with Crippen LogP contribution in [0.25, 0.3) is 0 Å². The van der Waals surface area contributed by atoms with Crippen LogP contribution in [-0.4, -0.2) is 43.4 Å². The molecule has 2 N–H and O–H groups in total. The Morgan fingerprint density at radius 3 is 2.47 bits per heavy atom. The van der Waals surface area contributed by atoms with E-state index in [9.17, 15) is 18.8 Å². The average Bonchev–Trinajstić information content (AvgIpc) is 2.74. The molecule has 1 unspecified atom stereocenters. The van der Waals surface area contributed by atoms with E-state index in [0.717, 1.165) is 0 Å². The number of benzene rings is 2. The highest BCUT2D eigenvalue weighted by molar-refractivity contribution is 6.31. The summed E-state index contributed by atoms with van der Waals surface area (Å²) in [5.41, 5.74) is 0.438. The van der Waals surface area contributed by atoms with E-state index < -0.39 is 29.8 Å². The molecule has 2 aromatic rings. The molecule has 0 fully saturated rings. The van der Waals surface area contributed by atoms with E-state index in [4.69, 9.17) is 26.2 Å². The molecule has 1 heterocycles. The van der Waals surface area contributed by atoms with Crippen LogP contribution in [0.15, 0.2) is 53.7 Å². The number of hydrogen-bond acceptors (Lipinski definition) is 5. The molecule has 8 nitrogen and oxygen atoms in total. The smallest absolute Gasteiger partial charge is 0.338 e. The van der Waals surface area contributed by atoms with E-state index in [1.165, 1.54) is 61.4 Å². The molecule has 1 aliphatic rings. The Balaban J connectivity index is 2.11. The van der Waals surface area contributed by atoms with Gasteiger partial charge >= 0.3 is 18.0 Å². The van der Waals surface area contributed by atoms with Gasteiger partial charge in [0.1, 0.15) is 12.4 Å². The van der Waals surface area contributed by atoms with Gasteiger partial charge in [-0.2, -0.15) is 0 Å². The Morgan fingerprint density at radius 2 is 1.88 bits per heavy atom. The van der Waals surface area contributed by atoms with Gasteiger partial charge in [-0.1, -0.05) is 17.7 Å². The van der Waals surface area contributed by atoms with Crippen molar-refractivity contribution in [2.45, 2.75) is 13.0 Å². The summed E-state index contributed by atoms with van der Waals surface area (Å²) >= 11 is 6.20. The highest BCUT2D eigenvalue weighted by atomic mass is 35.5. The summed E-state index contributed by atoms with van der Waals surface area (Å²) in [6.07, 6.45) is 0. The highest BCUT2D eigenvalue weighted by Crippen LogP contribution is 2.37. The zero-order valence-corrected chi connectivity index (χ0v) is 18.0. The van der Waals surface area contributed by atoms with Crippen molar-refractivity contribution >= 4 is 35.3 Å². The predicted octanol–water partition coefficient (Wildman–Crippen LogP) is 3.91. The first-order valence-electron chi connectivity index (χ1n) is 9.51. The van der Waals surface area contributed by atoms with Gasteiger partial charge in [0.25, 0.3) is 0 Å². The van der Waals surface area contributed by atoms with Gasteiger partial charge in [-0.15, -0.1) is 0 Å². The molecule has 168 valence electrons. The number of rotatable bonds is 7. The largest absolute Gasteiger partial charge is 0.478 e. The monoisotopic (exact) mass is 462 g/mol. The second-order valence-electron chi connectivity index (χ2n) is 6.83. The van der Waals surface area contributed by atoms with E-state index in [1.807, 2.05) is 0 Å². The zero-order chi connectivity index (χ0) is 23.4. The summed E-state index contributed by atoms with van der Waals surface area (Å²) in [6.45, 7) is 1.61. The fourth-order valence-electron chi connectivity index (χ4n) is 3.37. The molecule has 1 atom stereocenters. The molecule has 0 aliphatic carbocycles. The fourth-order valence-corrected chi connectivity index (χ4v) is 3.64. The Labute approximate surface area is 188 Å². The van der Waals surface area contributed by atoms with Gasteiger partial charge in [0.15, 0.2) is 0 Å². The zero-order valence-electron chi connectivity index (χ0n) is 17.2. The summed E-state index contributed by atoms with van der Waals surface area (Å²) in [5, 5.41) is 11.7. The molecule has 0 bridgehead atoms. The number of urea groups is 1. The number of halogens is 2. The number of hydrogen-bond donors (Lipinski definition) is 2. The van der Waals surface area contributed by atoms with Crippen molar-refractivity contribution in [2.24, 2.45) is 0 Å². The molecule has 2 amide bonds. The number of carboxylic acid groups (broad SMARTS) is 1. The van der Waals surface area contributed by atoms with E-state index in [2.05, 4.69) is 5.32 Å². The van der Waals surface area contributed by atoms with Crippen molar-refractivity contribution in [2.75, 3.05) is 25.2 Å². The number of carbonyl (C=O) groups excluding carboxylic acids is 2. The van der Waals surface area contributed by atoms with E-state index >= 15 is 0 Å².